The van der Waals surface area contributed by atoms with Gasteiger partial charge >= 0.3 is 0 Å². The van der Waals surface area contributed by atoms with Gasteiger partial charge in [-0.25, -0.2) is 15.8 Å². The van der Waals surface area contributed by atoms with Crippen molar-refractivity contribution < 1.29 is 0 Å². The zero-order valence-corrected chi connectivity index (χ0v) is 12.6. The van der Waals surface area contributed by atoms with Gasteiger partial charge in [0.1, 0.15) is 10.7 Å². The lowest BCUT2D eigenvalue weighted by Gasteiger charge is -2.30. The highest BCUT2D eigenvalue weighted by Crippen LogP contribution is 2.32. The van der Waals surface area contributed by atoms with Crippen molar-refractivity contribution in [3.8, 4) is 0 Å². The Hall–Kier alpha value is -0.890. The van der Waals surface area contributed by atoms with Gasteiger partial charge < -0.3 is 5.43 Å². The van der Waals surface area contributed by atoms with E-state index in [0.29, 0.717) is 0 Å². The largest absolute Gasteiger partial charge is 0.308 e. The fourth-order valence-corrected chi connectivity index (χ4v) is 4.37. The lowest BCUT2D eigenvalue weighted by atomic mass is 10.2. The fraction of sp³-hybridized carbons (Fsp3) is 0.500. The molecule has 0 bridgehead atoms. The number of hydrogen-bond donors (Lipinski definition) is 2. The van der Waals surface area contributed by atoms with E-state index in [1.165, 1.54) is 10.6 Å². The van der Waals surface area contributed by atoms with Gasteiger partial charge in [0.15, 0.2) is 5.82 Å². The number of hydrogen-bond acceptors (Lipinski definition) is 7. The Morgan fingerprint density at radius 2 is 2.32 bits per heavy atom. The molecule has 2 aromatic rings. The zero-order chi connectivity index (χ0) is 13.4. The van der Waals surface area contributed by atoms with E-state index in [1.54, 1.807) is 11.3 Å². The summed E-state index contributed by atoms with van der Waals surface area (Å²) in [6.45, 7) is 3.15. The summed E-state index contributed by atoms with van der Waals surface area (Å²) in [5.74, 6) is 9.42. The van der Waals surface area contributed by atoms with E-state index in [2.05, 4.69) is 35.3 Å². The average molecular weight is 295 g/mol. The lowest BCUT2D eigenvalue weighted by Crippen LogP contribution is -2.34. The highest BCUT2D eigenvalue weighted by atomic mass is 32.2. The molecule has 0 aliphatic carbocycles. The van der Waals surface area contributed by atoms with Gasteiger partial charge in [0.05, 0.1) is 11.4 Å². The molecule has 102 valence electrons. The Labute approximate surface area is 120 Å². The minimum Gasteiger partial charge on any atom is -0.308 e. The molecule has 1 unspecified atom stereocenters. The molecule has 0 aromatic carbocycles. The number of fused-ring (bicyclic) bond motifs is 1. The molecule has 5 nitrogen and oxygen atoms in total. The molecule has 3 rings (SSSR count). The summed E-state index contributed by atoms with van der Waals surface area (Å²) in [5.41, 5.74) is 2.71. The van der Waals surface area contributed by atoms with E-state index in [-0.39, 0.29) is 6.04 Å². The number of thioether (sulfide) groups is 1. The van der Waals surface area contributed by atoms with Crippen LogP contribution in [0.2, 0.25) is 0 Å². The molecule has 0 spiro atoms. The molecule has 1 aliphatic rings. The van der Waals surface area contributed by atoms with Crippen molar-refractivity contribution in [1.29, 1.82) is 0 Å². The van der Waals surface area contributed by atoms with Gasteiger partial charge in [-0.3, -0.25) is 4.90 Å². The van der Waals surface area contributed by atoms with Crippen molar-refractivity contribution in [2.24, 2.45) is 5.84 Å². The van der Waals surface area contributed by atoms with Crippen LogP contribution in [0.25, 0.3) is 10.2 Å². The number of nitrogens with two attached hydrogens (primary N) is 1. The monoisotopic (exact) mass is 295 g/mol. The summed E-state index contributed by atoms with van der Waals surface area (Å²) >= 11 is 3.64. The number of thiophene rings is 1. The van der Waals surface area contributed by atoms with Crippen LogP contribution in [-0.4, -0.2) is 40.0 Å². The lowest BCUT2D eigenvalue weighted by molar-refractivity contribution is 0.265. The second-order valence-corrected chi connectivity index (χ2v) is 7.11. The number of hydrazine groups is 1. The van der Waals surface area contributed by atoms with E-state index in [1.807, 2.05) is 11.8 Å². The maximum atomic E-state index is 5.60. The van der Waals surface area contributed by atoms with E-state index in [9.17, 15) is 0 Å². The third-order valence-electron chi connectivity index (χ3n) is 3.36. The van der Waals surface area contributed by atoms with Crippen molar-refractivity contribution in [1.82, 2.24) is 14.9 Å². The number of aryl methyl sites for hydroxylation is 1. The maximum absolute atomic E-state index is 5.60. The summed E-state index contributed by atoms with van der Waals surface area (Å²) in [6.07, 6.45) is 0. The second-order valence-electron chi connectivity index (χ2n) is 4.72. The first-order chi connectivity index (χ1) is 9.19. The van der Waals surface area contributed by atoms with E-state index in [0.717, 1.165) is 34.2 Å². The third kappa shape index (κ3) is 2.43. The molecule has 1 saturated heterocycles. The molecule has 0 radical (unpaired) electrons. The molecular weight excluding hydrogens is 278 g/mol. The van der Waals surface area contributed by atoms with Gasteiger partial charge in [0.2, 0.25) is 0 Å². The number of nitrogen functional groups attached to an aromatic ring is 1. The van der Waals surface area contributed by atoms with E-state index >= 15 is 0 Å². The van der Waals surface area contributed by atoms with Gasteiger partial charge in [0, 0.05) is 22.9 Å². The Balaban J connectivity index is 2.08. The van der Waals surface area contributed by atoms with Crippen LogP contribution in [0.1, 0.15) is 16.7 Å². The van der Waals surface area contributed by atoms with Crippen LogP contribution in [0.3, 0.4) is 0 Å². The molecule has 1 fully saturated rings. The SMILES string of the molecule is Cc1cc2c(NN)nc(C3CSCCN3C)nc2s1. The van der Waals surface area contributed by atoms with Gasteiger partial charge in [-0.2, -0.15) is 11.8 Å². The van der Waals surface area contributed by atoms with Crippen molar-refractivity contribution in [2.45, 2.75) is 13.0 Å². The van der Waals surface area contributed by atoms with Crippen LogP contribution in [-0.2, 0) is 0 Å². The van der Waals surface area contributed by atoms with E-state index in [4.69, 9.17) is 10.8 Å². The van der Waals surface area contributed by atoms with Crippen LogP contribution >= 0.6 is 23.1 Å². The first-order valence-electron chi connectivity index (χ1n) is 6.21. The molecule has 0 amide bonds. The van der Waals surface area contributed by atoms with Crippen LogP contribution in [0.15, 0.2) is 6.07 Å². The standard InChI is InChI=1S/C12H17N5S2/c1-7-5-8-10(16-13)14-11(15-12(8)19-7)9-6-18-4-3-17(9)2/h5,9H,3-4,6,13H2,1-2H3,(H,14,15,16). The molecule has 19 heavy (non-hydrogen) atoms. The molecular formula is C12H17N5S2. The number of anilines is 1. The Morgan fingerprint density at radius 3 is 3.05 bits per heavy atom. The van der Waals surface area contributed by atoms with Crippen molar-refractivity contribution >= 4 is 39.1 Å². The van der Waals surface area contributed by atoms with Crippen LogP contribution in [0.4, 0.5) is 5.82 Å². The highest BCUT2D eigenvalue weighted by molar-refractivity contribution is 7.99. The Kier molecular flexibility index (Phi) is 3.62. The molecule has 0 saturated carbocycles. The molecule has 3 N–H and O–H groups in total. The second kappa shape index (κ2) is 5.24. The molecule has 3 heterocycles. The van der Waals surface area contributed by atoms with E-state index < -0.39 is 0 Å². The van der Waals surface area contributed by atoms with Crippen LogP contribution < -0.4 is 11.3 Å². The number of nitrogens with one attached hydrogen (secondary N) is 1. The maximum Gasteiger partial charge on any atom is 0.152 e. The summed E-state index contributed by atoms with van der Waals surface area (Å²) in [7, 11) is 2.13. The molecule has 1 aliphatic heterocycles. The number of nitrogens with zero attached hydrogens (tertiary/aromatic N) is 3. The normalized spacial score (nSPS) is 20.9. The molecule has 7 heteroatoms. The minimum absolute atomic E-state index is 0.276. The highest BCUT2D eigenvalue weighted by Gasteiger charge is 2.25. The Bertz CT molecular complexity index is 597. The van der Waals surface area contributed by atoms with Gasteiger partial charge in [-0.05, 0) is 20.0 Å². The third-order valence-corrected chi connectivity index (χ3v) is 5.33. The van der Waals surface area contributed by atoms with Gasteiger partial charge in [0.25, 0.3) is 0 Å². The first kappa shape index (κ1) is 13.1. The van der Waals surface area contributed by atoms with Crippen molar-refractivity contribution in [2.75, 3.05) is 30.5 Å². The topological polar surface area (TPSA) is 67.1 Å². The average Bonchev–Trinajstić information content (AvgIpc) is 2.78. The quantitative estimate of drug-likeness (QED) is 0.652. The summed E-state index contributed by atoms with van der Waals surface area (Å²) < 4.78 is 0. The molecule has 2 aromatic heterocycles. The first-order valence-corrected chi connectivity index (χ1v) is 8.19. The van der Waals surface area contributed by atoms with Crippen LogP contribution in [0, 0.1) is 6.92 Å². The van der Waals surface area contributed by atoms with Crippen molar-refractivity contribution in [3.05, 3.63) is 16.8 Å². The smallest absolute Gasteiger partial charge is 0.152 e. The zero-order valence-electron chi connectivity index (χ0n) is 11.0. The number of aromatic nitrogens is 2. The summed E-state index contributed by atoms with van der Waals surface area (Å²) in [6, 6.07) is 2.36. The van der Waals surface area contributed by atoms with Gasteiger partial charge in [-0.1, -0.05) is 0 Å². The fourth-order valence-electron chi connectivity index (χ4n) is 2.28. The number of rotatable bonds is 2. The summed E-state index contributed by atoms with van der Waals surface area (Å²) in [5, 5.41) is 1.01. The predicted octanol–water partition coefficient (Wildman–Crippen LogP) is 2.01. The summed E-state index contributed by atoms with van der Waals surface area (Å²) in [4.78, 5) is 13.9. The minimum atomic E-state index is 0.276. The predicted molar refractivity (Wildman–Crippen MR) is 82.7 cm³/mol. The van der Waals surface area contributed by atoms with Crippen LogP contribution in [0.5, 0.6) is 0 Å². The Morgan fingerprint density at radius 1 is 1.47 bits per heavy atom. The van der Waals surface area contributed by atoms with Gasteiger partial charge in [-0.15, -0.1) is 11.3 Å². The molecule has 1 atom stereocenters. The van der Waals surface area contributed by atoms with Crippen molar-refractivity contribution in [3.63, 3.8) is 0 Å².